The molecule has 0 saturated heterocycles. The van der Waals surface area contributed by atoms with Crippen LogP contribution < -0.4 is 10.6 Å². The standard InChI is InChI=1S/C14H20N4/c1-2-15-7-4-8-16-11-12-5-3-6-13-14(12)18-10-9-17-13/h3,5-6,9-10,15-16H,2,4,7-8,11H2,1H3. The molecule has 0 atom stereocenters. The van der Waals surface area contributed by atoms with Crippen molar-refractivity contribution in [2.45, 2.75) is 19.9 Å². The minimum absolute atomic E-state index is 0.849. The summed E-state index contributed by atoms with van der Waals surface area (Å²) in [6.45, 7) is 6.10. The Morgan fingerprint density at radius 2 is 1.89 bits per heavy atom. The van der Waals surface area contributed by atoms with Gasteiger partial charge in [-0.25, -0.2) is 0 Å². The van der Waals surface area contributed by atoms with E-state index >= 15 is 0 Å². The zero-order chi connectivity index (χ0) is 12.6. The quantitative estimate of drug-likeness (QED) is 0.728. The Balaban J connectivity index is 1.88. The number of para-hydroxylation sites is 1. The first-order valence-corrected chi connectivity index (χ1v) is 6.52. The number of benzene rings is 1. The molecule has 0 radical (unpaired) electrons. The topological polar surface area (TPSA) is 49.8 Å². The Morgan fingerprint density at radius 3 is 2.78 bits per heavy atom. The highest BCUT2D eigenvalue weighted by Gasteiger charge is 2.01. The third kappa shape index (κ3) is 3.48. The summed E-state index contributed by atoms with van der Waals surface area (Å²) in [7, 11) is 0. The fourth-order valence-electron chi connectivity index (χ4n) is 1.93. The lowest BCUT2D eigenvalue weighted by Crippen LogP contribution is -2.21. The smallest absolute Gasteiger partial charge is 0.0931 e. The molecule has 0 amide bonds. The van der Waals surface area contributed by atoms with Crippen molar-refractivity contribution in [2.24, 2.45) is 0 Å². The van der Waals surface area contributed by atoms with Crippen molar-refractivity contribution in [2.75, 3.05) is 19.6 Å². The first-order chi connectivity index (χ1) is 8.92. The van der Waals surface area contributed by atoms with E-state index in [9.17, 15) is 0 Å². The number of hydrogen-bond donors (Lipinski definition) is 2. The molecular weight excluding hydrogens is 224 g/mol. The van der Waals surface area contributed by atoms with Crippen LogP contribution in [0.4, 0.5) is 0 Å². The highest BCUT2D eigenvalue weighted by atomic mass is 14.9. The number of nitrogens with one attached hydrogen (secondary N) is 2. The van der Waals surface area contributed by atoms with E-state index < -0.39 is 0 Å². The molecule has 0 bridgehead atoms. The molecule has 0 aliphatic rings. The monoisotopic (exact) mass is 244 g/mol. The molecule has 0 fully saturated rings. The first-order valence-electron chi connectivity index (χ1n) is 6.52. The zero-order valence-corrected chi connectivity index (χ0v) is 10.8. The van der Waals surface area contributed by atoms with Gasteiger partial charge >= 0.3 is 0 Å². The number of nitrogens with zero attached hydrogens (tertiary/aromatic N) is 2. The van der Waals surface area contributed by atoms with Crippen molar-refractivity contribution >= 4 is 11.0 Å². The first kappa shape index (κ1) is 12.9. The minimum atomic E-state index is 0.849. The summed E-state index contributed by atoms with van der Waals surface area (Å²) in [4.78, 5) is 8.70. The number of aromatic nitrogens is 2. The van der Waals surface area contributed by atoms with Gasteiger partial charge in [-0.1, -0.05) is 19.1 Å². The van der Waals surface area contributed by atoms with Gasteiger partial charge in [0.1, 0.15) is 0 Å². The van der Waals surface area contributed by atoms with Crippen LogP contribution in [0.1, 0.15) is 18.9 Å². The maximum atomic E-state index is 4.39. The fraction of sp³-hybridized carbons (Fsp3) is 0.429. The largest absolute Gasteiger partial charge is 0.317 e. The molecule has 4 heteroatoms. The highest BCUT2D eigenvalue weighted by molar-refractivity contribution is 5.77. The summed E-state index contributed by atoms with van der Waals surface area (Å²) >= 11 is 0. The average molecular weight is 244 g/mol. The summed E-state index contributed by atoms with van der Waals surface area (Å²) in [5.74, 6) is 0. The Labute approximate surface area is 108 Å². The van der Waals surface area contributed by atoms with E-state index in [1.54, 1.807) is 12.4 Å². The van der Waals surface area contributed by atoms with Crippen molar-refractivity contribution in [3.63, 3.8) is 0 Å². The van der Waals surface area contributed by atoms with Crippen molar-refractivity contribution in [1.29, 1.82) is 0 Å². The van der Waals surface area contributed by atoms with E-state index in [0.717, 1.165) is 43.6 Å². The normalized spacial score (nSPS) is 10.9. The molecule has 4 nitrogen and oxygen atoms in total. The molecule has 0 unspecified atom stereocenters. The van der Waals surface area contributed by atoms with Crippen molar-refractivity contribution < 1.29 is 0 Å². The van der Waals surface area contributed by atoms with E-state index in [0.29, 0.717) is 0 Å². The molecule has 2 N–H and O–H groups in total. The number of rotatable bonds is 7. The van der Waals surface area contributed by atoms with Gasteiger partial charge in [-0.15, -0.1) is 0 Å². The maximum absolute atomic E-state index is 4.39. The molecule has 1 aromatic heterocycles. The third-order valence-electron chi connectivity index (χ3n) is 2.85. The molecule has 96 valence electrons. The van der Waals surface area contributed by atoms with Gasteiger partial charge in [-0.3, -0.25) is 9.97 Å². The van der Waals surface area contributed by atoms with Gasteiger partial charge in [-0.05, 0) is 37.7 Å². The van der Waals surface area contributed by atoms with Gasteiger partial charge in [-0.2, -0.15) is 0 Å². The van der Waals surface area contributed by atoms with E-state index in [1.165, 1.54) is 5.56 Å². The molecule has 0 spiro atoms. The lowest BCUT2D eigenvalue weighted by molar-refractivity contribution is 0.607. The van der Waals surface area contributed by atoms with Gasteiger partial charge in [0.05, 0.1) is 11.0 Å². The van der Waals surface area contributed by atoms with Gasteiger partial charge in [0.15, 0.2) is 0 Å². The van der Waals surface area contributed by atoms with Crippen LogP contribution in [-0.2, 0) is 6.54 Å². The Morgan fingerprint density at radius 1 is 1.06 bits per heavy atom. The zero-order valence-electron chi connectivity index (χ0n) is 10.8. The second-order valence-electron chi connectivity index (χ2n) is 4.23. The predicted molar refractivity (Wildman–Crippen MR) is 74.4 cm³/mol. The third-order valence-corrected chi connectivity index (χ3v) is 2.85. The van der Waals surface area contributed by atoms with Crippen molar-refractivity contribution in [3.8, 4) is 0 Å². The Bertz CT molecular complexity index is 479. The second-order valence-corrected chi connectivity index (χ2v) is 4.23. The molecule has 1 aromatic carbocycles. The Kier molecular flexibility index (Phi) is 5.05. The number of hydrogen-bond acceptors (Lipinski definition) is 4. The predicted octanol–water partition coefficient (Wildman–Crippen LogP) is 1.72. The average Bonchev–Trinajstić information content (AvgIpc) is 2.43. The van der Waals surface area contributed by atoms with Crippen LogP contribution in [0.15, 0.2) is 30.6 Å². The lowest BCUT2D eigenvalue weighted by Gasteiger charge is -2.07. The lowest BCUT2D eigenvalue weighted by atomic mass is 10.1. The molecule has 2 aromatic rings. The van der Waals surface area contributed by atoms with E-state index in [4.69, 9.17) is 0 Å². The fourth-order valence-corrected chi connectivity index (χ4v) is 1.93. The molecule has 0 aliphatic carbocycles. The van der Waals surface area contributed by atoms with Crippen LogP contribution in [-0.4, -0.2) is 29.6 Å². The van der Waals surface area contributed by atoms with Crippen LogP contribution in [0.25, 0.3) is 11.0 Å². The molecule has 2 rings (SSSR count). The van der Waals surface area contributed by atoms with E-state index in [-0.39, 0.29) is 0 Å². The van der Waals surface area contributed by atoms with Crippen LogP contribution in [0.2, 0.25) is 0 Å². The summed E-state index contributed by atoms with van der Waals surface area (Å²) in [5.41, 5.74) is 3.17. The van der Waals surface area contributed by atoms with Crippen LogP contribution >= 0.6 is 0 Å². The maximum Gasteiger partial charge on any atom is 0.0931 e. The van der Waals surface area contributed by atoms with Crippen LogP contribution in [0.3, 0.4) is 0 Å². The van der Waals surface area contributed by atoms with Gasteiger partial charge in [0.25, 0.3) is 0 Å². The van der Waals surface area contributed by atoms with E-state index in [2.05, 4.69) is 33.6 Å². The molecule has 1 heterocycles. The SMILES string of the molecule is CCNCCCNCc1cccc2nccnc12. The number of fused-ring (bicyclic) bond motifs is 1. The van der Waals surface area contributed by atoms with Crippen molar-refractivity contribution in [3.05, 3.63) is 36.2 Å². The van der Waals surface area contributed by atoms with Gasteiger partial charge < -0.3 is 10.6 Å². The second kappa shape index (κ2) is 7.03. The minimum Gasteiger partial charge on any atom is -0.317 e. The van der Waals surface area contributed by atoms with Gasteiger partial charge in [0.2, 0.25) is 0 Å². The summed E-state index contributed by atoms with van der Waals surface area (Å²) < 4.78 is 0. The van der Waals surface area contributed by atoms with Crippen LogP contribution in [0.5, 0.6) is 0 Å². The van der Waals surface area contributed by atoms with Gasteiger partial charge in [0, 0.05) is 18.9 Å². The van der Waals surface area contributed by atoms with Crippen LogP contribution in [0, 0.1) is 0 Å². The Hall–Kier alpha value is -1.52. The molecule has 0 aliphatic heterocycles. The van der Waals surface area contributed by atoms with Crippen molar-refractivity contribution in [1.82, 2.24) is 20.6 Å². The molecular formula is C14H20N4. The van der Waals surface area contributed by atoms with E-state index in [1.807, 2.05) is 12.1 Å². The molecule has 0 saturated carbocycles. The summed E-state index contributed by atoms with van der Waals surface area (Å²) in [6, 6.07) is 6.14. The molecule has 18 heavy (non-hydrogen) atoms. The highest BCUT2D eigenvalue weighted by Crippen LogP contribution is 2.13. The summed E-state index contributed by atoms with van der Waals surface area (Å²) in [5, 5.41) is 6.76. The summed E-state index contributed by atoms with van der Waals surface area (Å²) in [6.07, 6.45) is 4.62.